The predicted molar refractivity (Wildman–Crippen MR) is 113 cm³/mol. The molecule has 0 amide bonds. The van der Waals surface area contributed by atoms with Crippen LogP contribution in [0.5, 0.6) is 11.5 Å². The molecule has 0 heterocycles. The van der Waals surface area contributed by atoms with E-state index in [0.29, 0.717) is 18.9 Å². The van der Waals surface area contributed by atoms with Crippen molar-refractivity contribution >= 4 is 18.4 Å². The average Bonchev–Trinajstić information content (AvgIpc) is 2.71. The minimum absolute atomic E-state index is 0. The van der Waals surface area contributed by atoms with Crippen LogP contribution in [0.3, 0.4) is 0 Å². The van der Waals surface area contributed by atoms with Crippen LogP contribution in [0.25, 0.3) is 0 Å². The lowest BCUT2D eigenvalue weighted by molar-refractivity contribution is -0.145. The molecule has 0 spiro atoms. The van der Waals surface area contributed by atoms with Gasteiger partial charge < -0.3 is 25.0 Å². The highest BCUT2D eigenvalue weighted by atomic mass is 35.5. The van der Waals surface area contributed by atoms with Crippen molar-refractivity contribution in [2.24, 2.45) is 0 Å². The minimum Gasteiger partial charge on any atom is -0.508 e. The maximum Gasteiger partial charge on any atom is 0.344 e. The standard InChI is InChI=1S/C22H27NO5.ClH/c1-2-27-22(26)14-28-20-10-6-15-3-7-18(11-17(15)12-20)23-13-21(25)16-4-8-19(24)9-5-16;/h4-6,8-10,12,18,21,23-25H,2-3,7,11,13-14H2,1H3;1H/t18?,21-;/m1./s1. The molecule has 0 aromatic heterocycles. The molecule has 1 aliphatic carbocycles. The van der Waals surface area contributed by atoms with E-state index in [9.17, 15) is 15.0 Å². The minimum atomic E-state index is -0.624. The van der Waals surface area contributed by atoms with E-state index in [1.807, 2.05) is 12.1 Å². The third-order valence-electron chi connectivity index (χ3n) is 4.95. The highest BCUT2D eigenvalue weighted by Gasteiger charge is 2.20. The van der Waals surface area contributed by atoms with Crippen molar-refractivity contribution in [2.75, 3.05) is 19.8 Å². The van der Waals surface area contributed by atoms with Crippen molar-refractivity contribution in [3.63, 3.8) is 0 Å². The van der Waals surface area contributed by atoms with E-state index in [-0.39, 0.29) is 36.8 Å². The number of carbonyl (C=O) groups excluding carboxylic acids is 1. The fraction of sp³-hybridized carbons (Fsp3) is 0.409. The molecule has 3 rings (SSSR count). The van der Waals surface area contributed by atoms with Gasteiger partial charge in [-0.3, -0.25) is 0 Å². The van der Waals surface area contributed by atoms with Crippen LogP contribution in [-0.2, 0) is 22.4 Å². The highest BCUT2D eigenvalue weighted by molar-refractivity contribution is 5.85. The fourth-order valence-electron chi connectivity index (χ4n) is 3.44. The number of aromatic hydroxyl groups is 1. The maximum absolute atomic E-state index is 11.4. The molecule has 0 bridgehead atoms. The quantitative estimate of drug-likeness (QED) is 0.568. The van der Waals surface area contributed by atoms with Crippen LogP contribution in [0.1, 0.15) is 36.1 Å². The molecule has 2 atom stereocenters. The van der Waals surface area contributed by atoms with Gasteiger partial charge in [-0.25, -0.2) is 4.79 Å². The summed E-state index contributed by atoms with van der Waals surface area (Å²) < 4.78 is 10.4. The number of aryl methyl sites for hydroxylation is 1. The average molecular weight is 422 g/mol. The molecule has 1 aliphatic rings. The number of hydrogen-bond acceptors (Lipinski definition) is 6. The molecule has 0 saturated heterocycles. The van der Waals surface area contributed by atoms with Crippen LogP contribution in [-0.4, -0.2) is 42.0 Å². The van der Waals surface area contributed by atoms with Gasteiger partial charge in [0.25, 0.3) is 0 Å². The monoisotopic (exact) mass is 421 g/mol. The Hall–Kier alpha value is -2.28. The van der Waals surface area contributed by atoms with Gasteiger partial charge in [0.05, 0.1) is 12.7 Å². The summed E-state index contributed by atoms with van der Waals surface area (Å²) in [4.78, 5) is 11.4. The summed E-state index contributed by atoms with van der Waals surface area (Å²) >= 11 is 0. The molecule has 0 aliphatic heterocycles. The molecular formula is C22H28ClNO5. The largest absolute Gasteiger partial charge is 0.508 e. The Labute approximate surface area is 177 Å². The molecule has 6 nitrogen and oxygen atoms in total. The van der Waals surface area contributed by atoms with E-state index >= 15 is 0 Å². The fourth-order valence-corrected chi connectivity index (χ4v) is 3.44. The summed E-state index contributed by atoms with van der Waals surface area (Å²) in [5.41, 5.74) is 3.26. The second-order valence-corrected chi connectivity index (χ2v) is 6.98. The zero-order valence-electron chi connectivity index (χ0n) is 16.5. The first-order valence-electron chi connectivity index (χ1n) is 9.65. The van der Waals surface area contributed by atoms with Crippen LogP contribution in [0, 0.1) is 0 Å². The van der Waals surface area contributed by atoms with E-state index < -0.39 is 6.10 Å². The lowest BCUT2D eigenvalue weighted by Crippen LogP contribution is -2.37. The lowest BCUT2D eigenvalue weighted by Gasteiger charge is -2.27. The zero-order chi connectivity index (χ0) is 19.9. The van der Waals surface area contributed by atoms with Crippen molar-refractivity contribution in [2.45, 2.75) is 38.3 Å². The number of benzene rings is 2. The second-order valence-electron chi connectivity index (χ2n) is 6.98. The Bertz CT molecular complexity index is 796. The van der Waals surface area contributed by atoms with Gasteiger partial charge in [0.15, 0.2) is 6.61 Å². The van der Waals surface area contributed by atoms with E-state index in [2.05, 4.69) is 11.4 Å². The number of fused-ring (bicyclic) bond motifs is 1. The molecule has 1 unspecified atom stereocenters. The third kappa shape index (κ3) is 6.63. The van der Waals surface area contributed by atoms with Gasteiger partial charge >= 0.3 is 5.97 Å². The number of ether oxygens (including phenoxy) is 2. The summed E-state index contributed by atoms with van der Waals surface area (Å²) in [6.07, 6.45) is 2.17. The van der Waals surface area contributed by atoms with Gasteiger partial charge in [-0.1, -0.05) is 18.2 Å². The molecule has 7 heteroatoms. The van der Waals surface area contributed by atoms with Crippen LogP contribution in [0.4, 0.5) is 0 Å². The predicted octanol–water partition coefficient (Wildman–Crippen LogP) is 2.94. The van der Waals surface area contributed by atoms with Crippen LogP contribution in [0.2, 0.25) is 0 Å². The van der Waals surface area contributed by atoms with Gasteiger partial charge in [-0.2, -0.15) is 0 Å². The number of rotatable bonds is 8. The maximum atomic E-state index is 11.4. The third-order valence-corrected chi connectivity index (χ3v) is 4.95. The zero-order valence-corrected chi connectivity index (χ0v) is 17.3. The van der Waals surface area contributed by atoms with Crippen molar-refractivity contribution in [3.05, 3.63) is 59.2 Å². The Morgan fingerprint density at radius 2 is 1.97 bits per heavy atom. The van der Waals surface area contributed by atoms with Crippen LogP contribution in [0.15, 0.2) is 42.5 Å². The Kier molecular flexibility index (Phi) is 8.76. The SMILES string of the molecule is CCOC(=O)COc1ccc2c(c1)CC(NC[C@@H](O)c1ccc(O)cc1)CC2.Cl. The molecule has 0 saturated carbocycles. The van der Waals surface area contributed by atoms with Gasteiger partial charge in [0, 0.05) is 12.6 Å². The Balaban J connectivity index is 0.00000300. The van der Waals surface area contributed by atoms with E-state index in [1.54, 1.807) is 31.2 Å². The Morgan fingerprint density at radius 3 is 2.69 bits per heavy atom. The van der Waals surface area contributed by atoms with Gasteiger partial charge in [-0.05, 0) is 67.1 Å². The first-order chi connectivity index (χ1) is 13.5. The molecular weight excluding hydrogens is 394 g/mol. The number of halogens is 1. The molecule has 3 N–H and O–H groups in total. The number of phenolic OH excluding ortho intramolecular Hbond substituents is 1. The molecule has 0 radical (unpaired) electrons. The van der Waals surface area contributed by atoms with E-state index in [0.717, 1.165) is 24.8 Å². The van der Waals surface area contributed by atoms with Crippen molar-refractivity contribution in [1.29, 1.82) is 0 Å². The number of nitrogens with one attached hydrogen (secondary N) is 1. The summed E-state index contributed by atoms with van der Waals surface area (Å²) in [5, 5.41) is 23.1. The summed E-state index contributed by atoms with van der Waals surface area (Å²) in [6.45, 7) is 2.47. The molecule has 29 heavy (non-hydrogen) atoms. The van der Waals surface area contributed by atoms with Crippen LogP contribution >= 0.6 is 12.4 Å². The molecule has 2 aromatic rings. The number of phenols is 1. The highest BCUT2D eigenvalue weighted by Crippen LogP contribution is 2.26. The first-order valence-corrected chi connectivity index (χ1v) is 9.65. The Morgan fingerprint density at radius 1 is 1.21 bits per heavy atom. The number of esters is 1. The topological polar surface area (TPSA) is 88.0 Å². The first kappa shape index (κ1) is 23.0. The van der Waals surface area contributed by atoms with E-state index in [1.165, 1.54) is 11.1 Å². The molecule has 2 aromatic carbocycles. The van der Waals surface area contributed by atoms with Crippen LogP contribution < -0.4 is 10.1 Å². The number of aliphatic hydroxyl groups excluding tert-OH is 1. The number of hydrogen-bond donors (Lipinski definition) is 3. The van der Waals surface area contributed by atoms with Crippen molar-refractivity contribution in [3.8, 4) is 11.5 Å². The van der Waals surface area contributed by atoms with Gasteiger partial charge in [-0.15, -0.1) is 12.4 Å². The molecule has 0 fully saturated rings. The number of aliphatic hydroxyl groups is 1. The summed E-state index contributed by atoms with van der Waals surface area (Å²) in [6, 6.07) is 12.8. The van der Waals surface area contributed by atoms with Crippen molar-refractivity contribution in [1.82, 2.24) is 5.32 Å². The normalized spacial score (nSPS) is 16.3. The van der Waals surface area contributed by atoms with Crippen molar-refractivity contribution < 1.29 is 24.5 Å². The number of carbonyl (C=O) groups is 1. The van der Waals surface area contributed by atoms with Gasteiger partial charge in [0.1, 0.15) is 11.5 Å². The second kappa shape index (κ2) is 11.0. The van der Waals surface area contributed by atoms with Gasteiger partial charge in [0.2, 0.25) is 0 Å². The summed E-state index contributed by atoms with van der Waals surface area (Å²) in [7, 11) is 0. The smallest absolute Gasteiger partial charge is 0.344 e. The molecule has 158 valence electrons. The lowest BCUT2D eigenvalue weighted by atomic mass is 9.88. The van der Waals surface area contributed by atoms with E-state index in [4.69, 9.17) is 9.47 Å². The summed E-state index contributed by atoms with van der Waals surface area (Å²) in [5.74, 6) is 0.480.